The Bertz CT molecular complexity index is 1420. The average molecular weight is 552 g/mol. The van der Waals surface area contributed by atoms with E-state index < -0.39 is 33.9 Å². The smallest absolute Gasteiger partial charge is 0.264 e. The predicted octanol–water partition coefficient (Wildman–Crippen LogP) is 4.99. The molecule has 4 rings (SSSR count). The standard InChI is InChI=1S/C25H20Cl2FNO6S/c1-34-23-14(10-15(28)12-19(23)22-20(26)8-5-9-21(22)27)11-16(35-36(2,32)33)13-29-24(30)17-6-3-4-7-18(17)25(29)31/h3-10,12,16H,11,13H2,1-2H3. The number of benzene rings is 3. The first kappa shape index (κ1) is 26.1. The molecule has 0 bridgehead atoms. The predicted molar refractivity (Wildman–Crippen MR) is 134 cm³/mol. The molecule has 1 aliphatic rings. The first-order valence-electron chi connectivity index (χ1n) is 10.6. The zero-order chi connectivity index (χ0) is 26.2. The van der Waals surface area contributed by atoms with Gasteiger partial charge in [-0.25, -0.2) is 4.39 Å². The summed E-state index contributed by atoms with van der Waals surface area (Å²) >= 11 is 12.7. The molecule has 0 radical (unpaired) electrons. The Morgan fingerprint density at radius 2 is 1.53 bits per heavy atom. The number of rotatable bonds is 8. The van der Waals surface area contributed by atoms with Crippen LogP contribution in [0.3, 0.4) is 0 Å². The van der Waals surface area contributed by atoms with Gasteiger partial charge in [0.25, 0.3) is 21.9 Å². The molecule has 1 heterocycles. The summed E-state index contributed by atoms with van der Waals surface area (Å²) in [5, 5.41) is 0.514. The largest absolute Gasteiger partial charge is 0.496 e. The Morgan fingerprint density at radius 3 is 2.06 bits per heavy atom. The van der Waals surface area contributed by atoms with Crippen molar-refractivity contribution >= 4 is 45.1 Å². The minimum Gasteiger partial charge on any atom is -0.496 e. The highest BCUT2D eigenvalue weighted by atomic mass is 35.5. The van der Waals surface area contributed by atoms with Crippen LogP contribution in [0.1, 0.15) is 26.3 Å². The van der Waals surface area contributed by atoms with Gasteiger partial charge in [0.15, 0.2) is 0 Å². The second-order valence-corrected chi connectivity index (χ2v) is 10.6. The van der Waals surface area contributed by atoms with Crippen LogP contribution in [-0.2, 0) is 20.7 Å². The summed E-state index contributed by atoms with van der Waals surface area (Å²) in [4.78, 5) is 26.6. The van der Waals surface area contributed by atoms with E-state index in [0.717, 1.165) is 17.2 Å². The van der Waals surface area contributed by atoms with Crippen molar-refractivity contribution in [1.29, 1.82) is 0 Å². The van der Waals surface area contributed by atoms with Gasteiger partial charge in [0, 0.05) is 23.1 Å². The number of carbonyl (C=O) groups is 2. The van der Waals surface area contributed by atoms with Gasteiger partial charge < -0.3 is 4.74 Å². The Labute approximate surface area is 217 Å². The Hall–Kier alpha value is -2.98. The number of halogens is 3. The minimum atomic E-state index is -4.02. The van der Waals surface area contributed by atoms with E-state index in [2.05, 4.69) is 0 Å². The van der Waals surface area contributed by atoms with Crippen LogP contribution in [0.15, 0.2) is 54.6 Å². The molecule has 3 aromatic carbocycles. The fraction of sp³-hybridized carbons (Fsp3) is 0.200. The van der Waals surface area contributed by atoms with Crippen molar-refractivity contribution in [2.45, 2.75) is 12.5 Å². The van der Waals surface area contributed by atoms with Gasteiger partial charge in [-0.2, -0.15) is 8.42 Å². The van der Waals surface area contributed by atoms with Gasteiger partial charge in [-0.3, -0.25) is 18.7 Å². The van der Waals surface area contributed by atoms with Gasteiger partial charge in [0.1, 0.15) is 11.6 Å². The maximum atomic E-state index is 14.8. The number of nitrogens with zero attached hydrogens (tertiary/aromatic N) is 1. The van der Waals surface area contributed by atoms with E-state index in [0.29, 0.717) is 5.56 Å². The monoisotopic (exact) mass is 551 g/mol. The molecule has 0 N–H and O–H groups in total. The quantitative estimate of drug-likeness (QED) is 0.289. The lowest BCUT2D eigenvalue weighted by molar-refractivity contribution is 0.0575. The normalized spacial score (nSPS) is 14.2. The van der Waals surface area contributed by atoms with E-state index in [1.54, 1.807) is 30.3 Å². The van der Waals surface area contributed by atoms with Gasteiger partial charge in [0.05, 0.1) is 47.2 Å². The number of amides is 2. The number of imide groups is 1. The van der Waals surface area contributed by atoms with Crippen molar-refractivity contribution in [2.24, 2.45) is 0 Å². The second-order valence-electron chi connectivity index (χ2n) is 8.14. The first-order chi connectivity index (χ1) is 17.0. The summed E-state index contributed by atoms with van der Waals surface area (Å²) in [6, 6.07) is 13.4. The molecule has 0 aliphatic carbocycles. The van der Waals surface area contributed by atoms with Crippen molar-refractivity contribution < 1.29 is 31.3 Å². The van der Waals surface area contributed by atoms with Gasteiger partial charge in [0.2, 0.25) is 0 Å². The molecule has 36 heavy (non-hydrogen) atoms. The van der Waals surface area contributed by atoms with E-state index in [-0.39, 0.29) is 51.0 Å². The molecular formula is C25H20Cl2FNO6S. The van der Waals surface area contributed by atoms with Gasteiger partial charge in [-0.15, -0.1) is 0 Å². The number of methoxy groups -OCH3 is 1. The summed E-state index contributed by atoms with van der Waals surface area (Å²) in [5.74, 6) is -1.62. The highest BCUT2D eigenvalue weighted by Crippen LogP contribution is 2.42. The highest BCUT2D eigenvalue weighted by Gasteiger charge is 2.37. The van der Waals surface area contributed by atoms with Crippen LogP contribution < -0.4 is 4.74 Å². The molecule has 0 aromatic heterocycles. The number of hydrogen-bond acceptors (Lipinski definition) is 6. The summed E-state index contributed by atoms with van der Waals surface area (Å²) in [6.45, 7) is -0.388. The van der Waals surface area contributed by atoms with Crippen molar-refractivity contribution in [2.75, 3.05) is 19.9 Å². The Morgan fingerprint density at radius 1 is 0.944 bits per heavy atom. The zero-order valence-electron chi connectivity index (χ0n) is 19.1. The van der Waals surface area contributed by atoms with Crippen LogP contribution >= 0.6 is 23.2 Å². The van der Waals surface area contributed by atoms with Crippen molar-refractivity contribution in [3.8, 4) is 16.9 Å². The molecule has 0 spiro atoms. The van der Waals surface area contributed by atoms with E-state index in [1.165, 1.54) is 25.3 Å². The molecule has 7 nitrogen and oxygen atoms in total. The number of ether oxygens (including phenoxy) is 1. The van der Waals surface area contributed by atoms with Crippen LogP contribution in [0.25, 0.3) is 11.1 Å². The average Bonchev–Trinajstić information content (AvgIpc) is 3.03. The first-order valence-corrected chi connectivity index (χ1v) is 13.2. The molecule has 0 fully saturated rings. The molecule has 2 amide bonds. The van der Waals surface area contributed by atoms with E-state index in [4.69, 9.17) is 32.1 Å². The molecule has 1 atom stereocenters. The summed E-state index contributed by atoms with van der Waals surface area (Å²) in [7, 11) is -2.66. The van der Waals surface area contributed by atoms with Crippen LogP contribution in [0.5, 0.6) is 5.75 Å². The van der Waals surface area contributed by atoms with Crippen molar-refractivity contribution in [3.63, 3.8) is 0 Å². The van der Waals surface area contributed by atoms with E-state index in [9.17, 15) is 22.4 Å². The SMILES string of the molecule is COc1c(CC(CN2C(=O)c3ccccc3C2=O)OS(C)(=O)=O)cc(F)cc1-c1c(Cl)cccc1Cl. The highest BCUT2D eigenvalue weighted by molar-refractivity contribution is 7.86. The Balaban J connectivity index is 1.74. The van der Waals surface area contributed by atoms with Gasteiger partial charge >= 0.3 is 0 Å². The third-order valence-electron chi connectivity index (χ3n) is 5.59. The molecule has 1 aliphatic heterocycles. The van der Waals surface area contributed by atoms with Crippen LogP contribution in [0, 0.1) is 5.82 Å². The van der Waals surface area contributed by atoms with E-state index >= 15 is 0 Å². The molecule has 188 valence electrons. The number of hydrogen-bond donors (Lipinski definition) is 0. The molecule has 0 saturated heterocycles. The molecule has 1 unspecified atom stereocenters. The molecular weight excluding hydrogens is 532 g/mol. The summed E-state index contributed by atoms with van der Waals surface area (Å²) in [6.07, 6.45) is -0.594. The van der Waals surface area contributed by atoms with Crippen molar-refractivity contribution in [1.82, 2.24) is 4.90 Å². The third kappa shape index (κ3) is 5.24. The lowest BCUT2D eigenvalue weighted by atomic mass is 9.97. The maximum Gasteiger partial charge on any atom is 0.264 e. The number of fused-ring (bicyclic) bond motifs is 1. The fourth-order valence-corrected chi connectivity index (χ4v) is 5.44. The van der Waals surface area contributed by atoms with Gasteiger partial charge in [-0.05, 0) is 36.4 Å². The molecule has 3 aromatic rings. The molecule has 11 heteroatoms. The van der Waals surface area contributed by atoms with Crippen LogP contribution in [0.2, 0.25) is 10.0 Å². The fourth-order valence-electron chi connectivity index (χ4n) is 4.21. The number of carbonyl (C=O) groups excluding carboxylic acids is 2. The summed E-state index contributed by atoms with van der Waals surface area (Å²) in [5.41, 5.74) is 1.23. The van der Waals surface area contributed by atoms with Crippen LogP contribution in [-0.4, -0.2) is 51.1 Å². The lowest BCUT2D eigenvalue weighted by Gasteiger charge is -2.23. The molecule has 0 saturated carbocycles. The van der Waals surface area contributed by atoms with Crippen LogP contribution in [0.4, 0.5) is 4.39 Å². The van der Waals surface area contributed by atoms with E-state index in [1.807, 2.05) is 0 Å². The topological polar surface area (TPSA) is 90.0 Å². The zero-order valence-corrected chi connectivity index (χ0v) is 21.5. The van der Waals surface area contributed by atoms with Gasteiger partial charge in [-0.1, -0.05) is 41.4 Å². The second kappa shape index (κ2) is 10.2. The summed E-state index contributed by atoms with van der Waals surface area (Å²) < 4.78 is 49.6. The van der Waals surface area contributed by atoms with Crippen molar-refractivity contribution in [3.05, 3.63) is 87.2 Å². The third-order valence-corrected chi connectivity index (χ3v) is 6.84. The maximum absolute atomic E-state index is 14.8. The Kier molecular flexibility index (Phi) is 7.38. The minimum absolute atomic E-state index is 0.191. The lowest BCUT2D eigenvalue weighted by Crippen LogP contribution is -2.39.